The van der Waals surface area contributed by atoms with E-state index in [1.165, 1.54) is 6.42 Å². The molecule has 1 aromatic carbocycles. The van der Waals surface area contributed by atoms with Crippen molar-refractivity contribution in [2.75, 3.05) is 31.1 Å². The second-order valence-corrected chi connectivity index (χ2v) is 10.6. The lowest BCUT2D eigenvalue weighted by Crippen LogP contribution is -2.52. The second-order valence-electron chi connectivity index (χ2n) is 9.77. The van der Waals surface area contributed by atoms with E-state index in [-0.39, 0.29) is 12.6 Å². The van der Waals surface area contributed by atoms with Crippen LogP contribution in [0.2, 0.25) is 10.0 Å². The molecule has 2 aliphatic heterocycles. The highest BCUT2D eigenvalue weighted by Crippen LogP contribution is 2.33. The van der Waals surface area contributed by atoms with Crippen LogP contribution in [0.25, 0.3) is 11.2 Å². The maximum atomic E-state index is 9.78. The summed E-state index contributed by atoms with van der Waals surface area (Å²) in [5.41, 5.74) is 3.37. The quantitative estimate of drug-likeness (QED) is 0.544. The van der Waals surface area contributed by atoms with Crippen LogP contribution in [0.3, 0.4) is 0 Å². The van der Waals surface area contributed by atoms with E-state index >= 15 is 0 Å². The van der Waals surface area contributed by atoms with E-state index < -0.39 is 0 Å². The molecule has 0 radical (unpaired) electrons. The van der Waals surface area contributed by atoms with Gasteiger partial charge < -0.3 is 10.0 Å². The van der Waals surface area contributed by atoms with Crippen LogP contribution in [0.5, 0.6) is 0 Å². The zero-order chi connectivity index (χ0) is 24.0. The maximum absolute atomic E-state index is 9.78. The molecule has 3 aromatic rings. The van der Waals surface area contributed by atoms with Gasteiger partial charge in [0.25, 0.3) is 0 Å². The monoisotopic (exact) mass is 502 g/mol. The van der Waals surface area contributed by atoms with Crippen molar-refractivity contribution in [2.24, 2.45) is 5.92 Å². The number of halogens is 2. The minimum atomic E-state index is -0.110. The predicted octanol–water partition coefficient (Wildman–Crippen LogP) is 4.72. The molecule has 0 saturated carbocycles. The van der Waals surface area contributed by atoms with Crippen LogP contribution in [-0.4, -0.2) is 68.1 Å². The van der Waals surface area contributed by atoms with Gasteiger partial charge in [-0.05, 0) is 63.3 Å². The summed E-state index contributed by atoms with van der Waals surface area (Å²) in [6.45, 7) is 9.54. The number of nitrogens with zero attached hydrogens (tertiary/aromatic N) is 6. The Morgan fingerprint density at radius 1 is 1.21 bits per heavy atom. The fraction of sp³-hybridized carbons (Fsp3) is 0.560. The molecule has 4 atom stereocenters. The molecule has 1 unspecified atom stereocenters. The van der Waals surface area contributed by atoms with Crippen LogP contribution in [0.4, 0.5) is 5.82 Å². The van der Waals surface area contributed by atoms with Gasteiger partial charge >= 0.3 is 0 Å². The first-order valence-corrected chi connectivity index (χ1v) is 12.9. The largest absolute Gasteiger partial charge is 0.395 e. The number of rotatable bonds is 5. The molecule has 7 nitrogen and oxygen atoms in total. The van der Waals surface area contributed by atoms with E-state index in [0.717, 1.165) is 60.7 Å². The van der Waals surface area contributed by atoms with Gasteiger partial charge in [-0.2, -0.15) is 5.10 Å². The summed E-state index contributed by atoms with van der Waals surface area (Å²) in [6.07, 6.45) is 5.22. The van der Waals surface area contributed by atoms with Gasteiger partial charge in [-0.15, -0.1) is 0 Å². The average Bonchev–Trinajstić information content (AvgIpc) is 3.42. The Morgan fingerprint density at radius 3 is 2.76 bits per heavy atom. The number of hydrogen-bond acceptors (Lipinski definition) is 6. The summed E-state index contributed by atoms with van der Waals surface area (Å²) in [7, 11) is 0. The Hall–Kier alpha value is -1.93. The molecule has 9 heteroatoms. The zero-order valence-corrected chi connectivity index (χ0v) is 21.5. The van der Waals surface area contributed by atoms with Gasteiger partial charge in [-0.25, -0.2) is 14.6 Å². The molecule has 34 heavy (non-hydrogen) atoms. The Balaban J connectivity index is 1.41. The Morgan fingerprint density at radius 2 is 2.03 bits per heavy atom. The van der Waals surface area contributed by atoms with Gasteiger partial charge in [0, 0.05) is 35.2 Å². The van der Waals surface area contributed by atoms with Crippen LogP contribution in [0.1, 0.15) is 50.4 Å². The number of likely N-dealkylation sites (tertiary alicyclic amines) is 1. The van der Waals surface area contributed by atoms with Crippen molar-refractivity contribution in [3.05, 3.63) is 45.7 Å². The molecular weight excluding hydrogens is 471 g/mol. The van der Waals surface area contributed by atoms with E-state index in [9.17, 15) is 5.11 Å². The lowest BCUT2D eigenvalue weighted by Gasteiger charge is -2.43. The third-order valence-electron chi connectivity index (χ3n) is 7.58. The molecule has 4 heterocycles. The van der Waals surface area contributed by atoms with Crippen LogP contribution in [0.15, 0.2) is 24.4 Å². The van der Waals surface area contributed by atoms with Gasteiger partial charge in [-0.3, -0.25) is 4.90 Å². The van der Waals surface area contributed by atoms with Gasteiger partial charge in [-0.1, -0.05) is 36.2 Å². The second kappa shape index (κ2) is 9.61. The number of anilines is 1. The summed E-state index contributed by atoms with van der Waals surface area (Å²) < 4.78 is 1.92. The summed E-state index contributed by atoms with van der Waals surface area (Å²) in [6, 6.07) is 6.27. The first-order chi connectivity index (χ1) is 16.4. The molecule has 0 amide bonds. The fourth-order valence-corrected chi connectivity index (χ4v) is 6.33. The number of aliphatic hydroxyl groups is 1. The molecule has 2 aliphatic rings. The van der Waals surface area contributed by atoms with Crippen molar-refractivity contribution >= 4 is 40.2 Å². The van der Waals surface area contributed by atoms with Crippen LogP contribution < -0.4 is 4.90 Å². The van der Waals surface area contributed by atoms with Gasteiger partial charge in [0.15, 0.2) is 5.65 Å². The number of benzene rings is 1. The van der Waals surface area contributed by atoms with Crippen LogP contribution in [-0.2, 0) is 0 Å². The van der Waals surface area contributed by atoms with Crippen molar-refractivity contribution in [3.63, 3.8) is 0 Å². The van der Waals surface area contributed by atoms with Gasteiger partial charge in [0.2, 0.25) is 0 Å². The number of aryl methyl sites for hydroxylation is 1. The SMILES string of the molecule is Cc1nn(C(C)c2ccc(Cl)cc2Cl)c2nc(N3CC[C@H](N4CCC[C@H]4CO)[C@H](C)C3)cnc12. The third-order valence-corrected chi connectivity index (χ3v) is 8.14. The molecular formula is C25H32Cl2N6O. The number of aromatic nitrogens is 4. The van der Waals surface area contributed by atoms with Crippen molar-refractivity contribution in [1.29, 1.82) is 0 Å². The highest BCUT2D eigenvalue weighted by atomic mass is 35.5. The van der Waals surface area contributed by atoms with Crippen molar-refractivity contribution in [2.45, 2.75) is 58.2 Å². The van der Waals surface area contributed by atoms with Gasteiger partial charge in [0.05, 0.1) is 24.5 Å². The summed E-state index contributed by atoms with van der Waals surface area (Å²) in [5.74, 6) is 1.37. The minimum Gasteiger partial charge on any atom is -0.395 e. The summed E-state index contributed by atoms with van der Waals surface area (Å²) in [5, 5.41) is 15.8. The minimum absolute atomic E-state index is 0.110. The summed E-state index contributed by atoms with van der Waals surface area (Å²) >= 11 is 12.6. The average molecular weight is 503 g/mol. The molecule has 2 fully saturated rings. The van der Waals surface area contributed by atoms with E-state index in [0.29, 0.717) is 28.0 Å². The van der Waals surface area contributed by atoms with E-state index in [4.69, 9.17) is 38.3 Å². The van der Waals surface area contributed by atoms with E-state index in [1.54, 1.807) is 6.07 Å². The molecule has 5 rings (SSSR count). The highest BCUT2D eigenvalue weighted by molar-refractivity contribution is 6.35. The molecule has 1 N–H and O–H groups in total. The third kappa shape index (κ3) is 4.28. The number of aliphatic hydroxyl groups excluding tert-OH is 1. The normalized spacial score (nSPS) is 24.8. The Kier molecular flexibility index (Phi) is 6.73. The standard InChI is InChI=1S/C25H32Cl2N6O/c1-15-13-31(10-8-22(15)32-9-4-5-19(32)14-34)23-12-28-24-16(2)30-33(25(24)29-23)17(3)20-7-6-18(26)11-21(20)27/h6-7,11-12,15,17,19,22,34H,4-5,8-10,13-14H2,1-3H3/t15-,17?,19+,22+/m1/s1. The van der Waals surface area contributed by atoms with Crippen LogP contribution >= 0.6 is 23.2 Å². The first kappa shape index (κ1) is 23.8. The predicted molar refractivity (Wildman–Crippen MR) is 137 cm³/mol. The molecule has 2 aromatic heterocycles. The highest BCUT2D eigenvalue weighted by Gasteiger charge is 2.36. The molecule has 0 spiro atoms. The molecule has 0 aliphatic carbocycles. The van der Waals surface area contributed by atoms with E-state index in [1.807, 2.05) is 29.9 Å². The maximum Gasteiger partial charge on any atom is 0.179 e. The number of hydrogen-bond donors (Lipinski definition) is 1. The van der Waals surface area contributed by atoms with E-state index in [2.05, 4.69) is 23.6 Å². The molecule has 2 saturated heterocycles. The number of piperidine rings is 1. The lowest BCUT2D eigenvalue weighted by atomic mass is 9.92. The summed E-state index contributed by atoms with van der Waals surface area (Å²) in [4.78, 5) is 14.7. The fourth-order valence-electron chi connectivity index (χ4n) is 5.76. The lowest BCUT2D eigenvalue weighted by molar-refractivity contribution is 0.0800. The zero-order valence-electron chi connectivity index (χ0n) is 20.0. The van der Waals surface area contributed by atoms with Gasteiger partial charge in [0.1, 0.15) is 11.3 Å². The van der Waals surface area contributed by atoms with Crippen molar-refractivity contribution in [1.82, 2.24) is 24.6 Å². The number of fused-ring (bicyclic) bond motifs is 1. The van der Waals surface area contributed by atoms with Crippen LogP contribution in [0, 0.1) is 12.8 Å². The molecule has 182 valence electrons. The molecule has 0 bridgehead atoms. The Bertz CT molecular complexity index is 1180. The topological polar surface area (TPSA) is 70.3 Å². The smallest absolute Gasteiger partial charge is 0.179 e. The van der Waals surface area contributed by atoms with Crippen molar-refractivity contribution in [3.8, 4) is 0 Å². The first-order valence-electron chi connectivity index (χ1n) is 12.2. The Labute approximate surface area is 210 Å². The van der Waals surface area contributed by atoms with Crippen molar-refractivity contribution < 1.29 is 5.11 Å².